The highest BCUT2D eigenvalue weighted by Gasteiger charge is 2.48. The summed E-state index contributed by atoms with van der Waals surface area (Å²) in [6.07, 6.45) is 0. The number of aromatic nitrogens is 2. The van der Waals surface area contributed by atoms with Crippen molar-refractivity contribution in [2.24, 2.45) is 0 Å². The first-order valence-electron chi connectivity index (χ1n) is 11.1. The van der Waals surface area contributed by atoms with Crippen molar-refractivity contribution in [3.05, 3.63) is 88.4 Å². The Morgan fingerprint density at radius 3 is 2.40 bits per heavy atom. The van der Waals surface area contributed by atoms with Crippen LogP contribution in [0, 0.1) is 0 Å². The number of aliphatic hydroxyl groups excluding tert-OH is 1. The summed E-state index contributed by atoms with van der Waals surface area (Å²) in [6.45, 7) is 4.19. The normalized spacial score (nSPS) is 17.5. The Morgan fingerprint density at radius 2 is 1.74 bits per heavy atom. The summed E-state index contributed by atoms with van der Waals surface area (Å²) in [7, 11) is 1.60. The van der Waals surface area contributed by atoms with E-state index in [2.05, 4.69) is 24.0 Å². The molecule has 1 fully saturated rings. The number of methoxy groups -OCH3 is 1. The third kappa shape index (κ3) is 3.95. The Balaban J connectivity index is 1.67. The van der Waals surface area contributed by atoms with Gasteiger partial charge in [0.2, 0.25) is 5.13 Å². The number of amides is 1. The standard InChI is InChI=1S/C27H23N3O4S/c1-15(2)16-4-6-17(7-5-16)23-22(25(32)26(33)30(23)27-29-28-14-35-27)24(31)20-9-8-19-13-21(34-3)11-10-18(19)12-20/h4-15,23,31H,1-3H3/b24-22+. The fraction of sp³-hybridized carbons (Fsp3) is 0.185. The van der Waals surface area contributed by atoms with E-state index < -0.39 is 17.7 Å². The fourth-order valence-corrected chi connectivity index (χ4v) is 4.92. The summed E-state index contributed by atoms with van der Waals surface area (Å²) >= 11 is 1.16. The van der Waals surface area contributed by atoms with Crippen LogP contribution in [0.5, 0.6) is 5.75 Å². The maximum Gasteiger partial charge on any atom is 0.301 e. The number of rotatable bonds is 5. The van der Waals surface area contributed by atoms with Crippen LogP contribution in [-0.2, 0) is 9.59 Å². The van der Waals surface area contributed by atoms with E-state index in [9.17, 15) is 14.7 Å². The Bertz CT molecular complexity index is 1460. The molecule has 8 heteroatoms. The number of ether oxygens (including phenoxy) is 1. The third-order valence-corrected chi connectivity index (χ3v) is 6.93. The van der Waals surface area contributed by atoms with Crippen LogP contribution >= 0.6 is 11.3 Å². The molecule has 0 bridgehead atoms. The minimum atomic E-state index is -0.823. The molecule has 35 heavy (non-hydrogen) atoms. The molecular formula is C27H23N3O4S. The molecule has 3 aromatic carbocycles. The van der Waals surface area contributed by atoms with Crippen LogP contribution in [0.4, 0.5) is 5.13 Å². The number of anilines is 1. The van der Waals surface area contributed by atoms with E-state index in [0.29, 0.717) is 22.2 Å². The van der Waals surface area contributed by atoms with Gasteiger partial charge in [0.05, 0.1) is 18.7 Å². The van der Waals surface area contributed by atoms with E-state index in [0.717, 1.165) is 33.4 Å². The monoisotopic (exact) mass is 485 g/mol. The maximum absolute atomic E-state index is 13.3. The molecule has 1 aliphatic rings. The van der Waals surface area contributed by atoms with E-state index in [-0.39, 0.29) is 11.3 Å². The van der Waals surface area contributed by atoms with Gasteiger partial charge in [0.15, 0.2) is 0 Å². The lowest BCUT2D eigenvalue weighted by atomic mass is 9.93. The molecule has 1 N–H and O–H groups in total. The predicted molar refractivity (Wildman–Crippen MR) is 136 cm³/mol. The van der Waals surface area contributed by atoms with Crippen molar-refractivity contribution in [1.29, 1.82) is 0 Å². The number of aliphatic hydroxyl groups is 1. The Morgan fingerprint density at radius 1 is 1.03 bits per heavy atom. The predicted octanol–water partition coefficient (Wildman–Crippen LogP) is 5.45. The summed E-state index contributed by atoms with van der Waals surface area (Å²) in [5.74, 6) is -0.681. The largest absolute Gasteiger partial charge is 0.507 e. The van der Waals surface area contributed by atoms with Gasteiger partial charge in [-0.05, 0) is 46.0 Å². The van der Waals surface area contributed by atoms with Gasteiger partial charge in [-0.2, -0.15) is 0 Å². The molecule has 4 aromatic rings. The van der Waals surface area contributed by atoms with Crippen molar-refractivity contribution in [3.8, 4) is 5.75 Å². The molecule has 1 saturated heterocycles. The number of benzene rings is 3. The van der Waals surface area contributed by atoms with E-state index in [4.69, 9.17) is 4.74 Å². The SMILES string of the molecule is COc1ccc2cc(/C(O)=C3\C(=O)C(=O)N(c4nncs4)C3c3ccc(C(C)C)cc3)ccc2c1. The average molecular weight is 486 g/mol. The zero-order valence-electron chi connectivity index (χ0n) is 19.4. The van der Waals surface area contributed by atoms with Gasteiger partial charge in [-0.3, -0.25) is 14.5 Å². The highest BCUT2D eigenvalue weighted by molar-refractivity contribution is 7.13. The van der Waals surface area contributed by atoms with Crippen LogP contribution in [0.1, 0.15) is 42.5 Å². The zero-order valence-corrected chi connectivity index (χ0v) is 20.2. The third-order valence-electron chi connectivity index (χ3n) is 6.24. The molecule has 176 valence electrons. The van der Waals surface area contributed by atoms with Gasteiger partial charge >= 0.3 is 5.91 Å². The second-order valence-electron chi connectivity index (χ2n) is 8.64. The van der Waals surface area contributed by atoms with E-state index in [1.807, 2.05) is 48.5 Å². The fourth-order valence-electron chi connectivity index (χ4n) is 4.33. The van der Waals surface area contributed by atoms with Crippen LogP contribution < -0.4 is 9.64 Å². The number of hydrogen-bond acceptors (Lipinski definition) is 7. The summed E-state index contributed by atoms with van der Waals surface area (Å²) in [4.78, 5) is 27.7. The summed E-state index contributed by atoms with van der Waals surface area (Å²) in [6, 6.07) is 17.9. The van der Waals surface area contributed by atoms with Crippen LogP contribution in [0.25, 0.3) is 16.5 Å². The quantitative estimate of drug-likeness (QED) is 0.230. The highest BCUT2D eigenvalue weighted by Crippen LogP contribution is 2.43. The number of carbonyl (C=O) groups excluding carboxylic acids is 2. The number of Topliss-reactive ketones (excluding diaryl/α,β-unsaturated/α-hetero) is 1. The number of carbonyl (C=O) groups is 2. The minimum absolute atomic E-state index is 0.0235. The molecule has 1 aromatic heterocycles. The van der Waals surface area contributed by atoms with Gasteiger partial charge in [-0.1, -0.05) is 67.6 Å². The second kappa shape index (κ2) is 8.96. The molecule has 0 aliphatic carbocycles. The number of hydrogen-bond donors (Lipinski definition) is 1. The van der Waals surface area contributed by atoms with Crippen molar-refractivity contribution < 1.29 is 19.4 Å². The van der Waals surface area contributed by atoms with Gasteiger partial charge < -0.3 is 9.84 Å². The molecule has 2 heterocycles. The first-order valence-corrected chi connectivity index (χ1v) is 12.0. The minimum Gasteiger partial charge on any atom is -0.507 e. The van der Waals surface area contributed by atoms with Gasteiger partial charge in [0.1, 0.15) is 17.0 Å². The summed E-state index contributed by atoms with van der Waals surface area (Å²) in [5, 5.41) is 21.4. The van der Waals surface area contributed by atoms with Crippen molar-refractivity contribution >= 4 is 44.7 Å². The summed E-state index contributed by atoms with van der Waals surface area (Å²) < 4.78 is 5.28. The van der Waals surface area contributed by atoms with E-state index in [1.54, 1.807) is 19.2 Å². The van der Waals surface area contributed by atoms with Gasteiger partial charge in [0.25, 0.3) is 5.78 Å². The van der Waals surface area contributed by atoms with Gasteiger partial charge in [-0.25, -0.2) is 0 Å². The van der Waals surface area contributed by atoms with Crippen molar-refractivity contribution in [1.82, 2.24) is 10.2 Å². The molecule has 5 rings (SSSR count). The molecular weight excluding hydrogens is 462 g/mol. The first kappa shape index (κ1) is 22.7. The number of ketones is 1. The maximum atomic E-state index is 13.3. The van der Waals surface area contributed by atoms with Gasteiger partial charge in [-0.15, -0.1) is 10.2 Å². The Kier molecular flexibility index (Phi) is 5.82. The smallest absolute Gasteiger partial charge is 0.301 e. The van der Waals surface area contributed by atoms with E-state index in [1.165, 1.54) is 10.4 Å². The second-order valence-corrected chi connectivity index (χ2v) is 9.45. The average Bonchev–Trinajstić information content (AvgIpc) is 3.49. The lowest BCUT2D eigenvalue weighted by Gasteiger charge is -2.23. The van der Waals surface area contributed by atoms with Gasteiger partial charge in [0, 0.05) is 5.56 Å². The summed E-state index contributed by atoms with van der Waals surface area (Å²) in [5.41, 5.74) is 3.81. The van der Waals surface area contributed by atoms with E-state index >= 15 is 0 Å². The molecule has 1 aliphatic heterocycles. The molecule has 1 atom stereocenters. The zero-order chi connectivity index (χ0) is 24.7. The lowest BCUT2D eigenvalue weighted by Crippen LogP contribution is -2.29. The van der Waals surface area contributed by atoms with Crippen LogP contribution in [-0.4, -0.2) is 34.1 Å². The highest BCUT2D eigenvalue weighted by atomic mass is 32.1. The Labute approximate surface area is 206 Å². The van der Waals surface area contributed by atoms with Crippen LogP contribution in [0.3, 0.4) is 0 Å². The molecule has 1 amide bonds. The molecule has 1 unspecified atom stereocenters. The Hall–Kier alpha value is -4.04. The van der Waals surface area contributed by atoms with Crippen molar-refractivity contribution in [2.75, 3.05) is 12.0 Å². The first-order chi connectivity index (χ1) is 16.9. The van der Waals surface area contributed by atoms with Crippen molar-refractivity contribution in [3.63, 3.8) is 0 Å². The van der Waals surface area contributed by atoms with Crippen LogP contribution in [0.15, 0.2) is 71.7 Å². The lowest BCUT2D eigenvalue weighted by molar-refractivity contribution is -0.132. The molecule has 0 spiro atoms. The topological polar surface area (TPSA) is 92.6 Å². The van der Waals surface area contributed by atoms with Crippen LogP contribution in [0.2, 0.25) is 0 Å². The number of nitrogens with zero attached hydrogens (tertiary/aromatic N) is 3. The van der Waals surface area contributed by atoms with Crippen molar-refractivity contribution in [2.45, 2.75) is 25.8 Å². The molecule has 7 nitrogen and oxygen atoms in total. The molecule has 0 saturated carbocycles. The number of fused-ring (bicyclic) bond motifs is 1. The molecule has 0 radical (unpaired) electrons.